The maximum absolute atomic E-state index is 4.58. The molecule has 0 saturated heterocycles. The maximum atomic E-state index is 4.58. The van der Waals surface area contributed by atoms with E-state index in [9.17, 15) is 0 Å². The highest BCUT2D eigenvalue weighted by atomic mass is 15.1. The van der Waals surface area contributed by atoms with Crippen LogP contribution in [0.2, 0.25) is 0 Å². The van der Waals surface area contributed by atoms with Gasteiger partial charge in [-0.05, 0) is 46.1 Å². The molecule has 0 unspecified atom stereocenters. The van der Waals surface area contributed by atoms with E-state index in [-0.39, 0.29) is 0 Å². The first-order chi connectivity index (χ1) is 12.1. The normalized spacial score (nSPS) is 11.0. The quantitative estimate of drug-likeness (QED) is 0.644. The Morgan fingerprint density at radius 3 is 2.76 bits per heavy atom. The lowest BCUT2D eigenvalue weighted by molar-refractivity contribution is 0.405. The monoisotopic (exact) mass is 336 g/mol. The fourth-order valence-electron chi connectivity index (χ4n) is 2.65. The van der Waals surface area contributed by atoms with Crippen LogP contribution in [-0.2, 0) is 0 Å². The van der Waals surface area contributed by atoms with Crippen LogP contribution < -0.4 is 10.6 Å². The predicted molar refractivity (Wildman–Crippen MR) is 103 cm³/mol. The number of rotatable bonds is 7. The summed E-state index contributed by atoms with van der Waals surface area (Å²) in [4.78, 5) is 15.7. The molecule has 1 aromatic carbocycles. The van der Waals surface area contributed by atoms with Gasteiger partial charge in [0.15, 0.2) is 0 Å². The van der Waals surface area contributed by atoms with Crippen molar-refractivity contribution in [1.82, 2.24) is 19.9 Å². The van der Waals surface area contributed by atoms with Crippen LogP contribution in [0.25, 0.3) is 10.9 Å². The molecule has 2 heterocycles. The Labute approximate surface area is 148 Å². The molecule has 0 aliphatic rings. The topological polar surface area (TPSA) is 66.0 Å². The highest BCUT2D eigenvalue weighted by molar-refractivity contribution is 5.91. The summed E-state index contributed by atoms with van der Waals surface area (Å²) in [6.45, 7) is 3.85. The highest BCUT2D eigenvalue weighted by Gasteiger charge is 2.06. The number of nitrogens with one attached hydrogen (secondary N) is 2. The van der Waals surface area contributed by atoms with Crippen molar-refractivity contribution in [2.24, 2.45) is 0 Å². The molecule has 3 rings (SSSR count). The van der Waals surface area contributed by atoms with Crippen LogP contribution in [0.5, 0.6) is 0 Å². The average Bonchev–Trinajstić information content (AvgIpc) is 2.58. The number of aryl methyl sites for hydroxylation is 1. The molecule has 0 spiro atoms. The summed E-state index contributed by atoms with van der Waals surface area (Å²) in [5, 5.41) is 7.77. The summed E-state index contributed by atoms with van der Waals surface area (Å²) >= 11 is 0. The van der Waals surface area contributed by atoms with E-state index in [0.717, 1.165) is 47.6 Å². The maximum Gasteiger partial charge on any atom is 0.224 e. The molecule has 0 aliphatic heterocycles. The lowest BCUT2D eigenvalue weighted by Gasteiger charge is -2.12. The van der Waals surface area contributed by atoms with E-state index in [1.807, 2.05) is 31.2 Å². The minimum absolute atomic E-state index is 0.648. The molecule has 25 heavy (non-hydrogen) atoms. The van der Waals surface area contributed by atoms with Crippen LogP contribution in [0.15, 0.2) is 42.6 Å². The zero-order valence-electron chi connectivity index (χ0n) is 15.0. The second-order valence-electron chi connectivity index (χ2n) is 6.31. The van der Waals surface area contributed by atoms with Crippen molar-refractivity contribution in [3.63, 3.8) is 0 Å². The van der Waals surface area contributed by atoms with Gasteiger partial charge in [0, 0.05) is 29.9 Å². The molecule has 0 bridgehead atoms. The third kappa shape index (κ3) is 4.64. The number of benzene rings is 1. The van der Waals surface area contributed by atoms with Gasteiger partial charge in [-0.25, -0.2) is 4.98 Å². The second-order valence-corrected chi connectivity index (χ2v) is 6.31. The van der Waals surface area contributed by atoms with Crippen LogP contribution >= 0.6 is 0 Å². The van der Waals surface area contributed by atoms with Crippen molar-refractivity contribution < 1.29 is 0 Å². The molecular formula is C19H24N6. The number of fused-ring (bicyclic) bond motifs is 1. The van der Waals surface area contributed by atoms with E-state index in [4.69, 9.17) is 0 Å². The van der Waals surface area contributed by atoms with E-state index < -0.39 is 0 Å². The van der Waals surface area contributed by atoms with Crippen molar-refractivity contribution in [2.45, 2.75) is 13.3 Å². The summed E-state index contributed by atoms with van der Waals surface area (Å²) in [6.07, 6.45) is 2.84. The van der Waals surface area contributed by atoms with E-state index in [0.29, 0.717) is 5.95 Å². The Bertz CT molecular complexity index is 841. The molecule has 0 atom stereocenters. The molecular weight excluding hydrogens is 312 g/mol. The lowest BCUT2D eigenvalue weighted by atomic mass is 10.2. The molecule has 0 aliphatic carbocycles. The number of pyridine rings is 1. The van der Waals surface area contributed by atoms with Crippen molar-refractivity contribution in [3.8, 4) is 0 Å². The smallest absolute Gasteiger partial charge is 0.224 e. The Morgan fingerprint density at radius 1 is 1.08 bits per heavy atom. The van der Waals surface area contributed by atoms with Gasteiger partial charge in [-0.3, -0.25) is 4.98 Å². The number of para-hydroxylation sites is 1. The summed E-state index contributed by atoms with van der Waals surface area (Å²) in [6, 6.07) is 12.0. The van der Waals surface area contributed by atoms with Gasteiger partial charge in [-0.15, -0.1) is 0 Å². The van der Waals surface area contributed by atoms with Crippen LogP contribution in [0.1, 0.15) is 12.1 Å². The second kappa shape index (κ2) is 7.90. The first-order valence-corrected chi connectivity index (χ1v) is 8.47. The largest absolute Gasteiger partial charge is 0.354 e. The lowest BCUT2D eigenvalue weighted by Crippen LogP contribution is -2.17. The molecule has 2 N–H and O–H groups in total. The number of anilines is 3. The fraction of sp³-hybridized carbons (Fsp3) is 0.316. The first-order valence-electron chi connectivity index (χ1n) is 8.47. The molecule has 0 saturated carbocycles. The Kier molecular flexibility index (Phi) is 5.40. The Hall–Kier alpha value is -2.73. The van der Waals surface area contributed by atoms with Crippen LogP contribution in [0, 0.1) is 6.92 Å². The summed E-state index contributed by atoms with van der Waals surface area (Å²) in [5.41, 5.74) is 2.79. The third-order valence-corrected chi connectivity index (χ3v) is 3.81. The van der Waals surface area contributed by atoms with Gasteiger partial charge in [0.1, 0.15) is 5.82 Å². The standard InChI is InChI=1S/C19H24N6/c1-14-13-17(24-19(22-14)21-11-6-12-25(2)3)23-16-9-4-7-15-8-5-10-20-18(15)16/h4-5,7-10,13H,6,11-12H2,1-3H3,(H2,21,22,23,24). The van der Waals surface area contributed by atoms with Gasteiger partial charge in [0.25, 0.3) is 0 Å². The van der Waals surface area contributed by atoms with E-state index in [1.165, 1.54) is 0 Å². The van der Waals surface area contributed by atoms with Crippen molar-refractivity contribution in [2.75, 3.05) is 37.8 Å². The van der Waals surface area contributed by atoms with Crippen molar-refractivity contribution >= 4 is 28.4 Å². The van der Waals surface area contributed by atoms with Crippen LogP contribution in [-0.4, -0.2) is 47.0 Å². The molecule has 0 fully saturated rings. The number of hydrogen-bond acceptors (Lipinski definition) is 6. The Balaban J connectivity index is 1.76. The summed E-state index contributed by atoms with van der Waals surface area (Å²) in [5.74, 6) is 1.41. The third-order valence-electron chi connectivity index (χ3n) is 3.81. The van der Waals surface area contributed by atoms with Gasteiger partial charge < -0.3 is 15.5 Å². The first kappa shape index (κ1) is 17.1. The number of nitrogens with zero attached hydrogens (tertiary/aromatic N) is 4. The molecule has 6 heteroatoms. The Morgan fingerprint density at radius 2 is 1.92 bits per heavy atom. The SMILES string of the molecule is Cc1cc(Nc2cccc3cccnc23)nc(NCCCN(C)C)n1. The molecule has 0 radical (unpaired) electrons. The van der Waals surface area contributed by atoms with E-state index in [2.05, 4.69) is 56.7 Å². The van der Waals surface area contributed by atoms with Crippen molar-refractivity contribution in [3.05, 3.63) is 48.3 Å². The van der Waals surface area contributed by atoms with Gasteiger partial charge >= 0.3 is 0 Å². The van der Waals surface area contributed by atoms with E-state index in [1.54, 1.807) is 6.20 Å². The summed E-state index contributed by atoms with van der Waals surface area (Å²) in [7, 11) is 4.15. The predicted octanol–water partition coefficient (Wildman–Crippen LogP) is 3.44. The molecule has 130 valence electrons. The zero-order valence-corrected chi connectivity index (χ0v) is 15.0. The highest BCUT2D eigenvalue weighted by Crippen LogP contribution is 2.24. The fourth-order valence-corrected chi connectivity index (χ4v) is 2.65. The molecule has 6 nitrogen and oxygen atoms in total. The minimum Gasteiger partial charge on any atom is -0.354 e. The number of hydrogen-bond donors (Lipinski definition) is 2. The molecule has 0 amide bonds. The summed E-state index contributed by atoms with van der Waals surface area (Å²) < 4.78 is 0. The van der Waals surface area contributed by atoms with E-state index >= 15 is 0 Å². The minimum atomic E-state index is 0.648. The van der Waals surface area contributed by atoms with Crippen LogP contribution in [0.3, 0.4) is 0 Å². The average molecular weight is 336 g/mol. The molecule has 3 aromatic rings. The number of aromatic nitrogens is 3. The zero-order chi connectivity index (χ0) is 17.6. The van der Waals surface area contributed by atoms with Crippen LogP contribution in [0.4, 0.5) is 17.5 Å². The van der Waals surface area contributed by atoms with Crippen molar-refractivity contribution in [1.29, 1.82) is 0 Å². The van der Waals surface area contributed by atoms with Gasteiger partial charge in [0.05, 0.1) is 11.2 Å². The van der Waals surface area contributed by atoms with Gasteiger partial charge in [0.2, 0.25) is 5.95 Å². The van der Waals surface area contributed by atoms with Gasteiger partial charge in [-0.1, -0.05) is 18.2 Å². The molecule has 2 aromatic heterocycles. The van der Waals surface area contributed by atoms with Gasteiger partial charge in [-0.2, -0.15) is 4.98 Å².